The van der Waals surface area contributed by atoms with Crippen LogP contribution in [0.3, 0.4) is 0 Å². The zero-order valence-corrected chi connectivity index (χ0v) is 22.6. The van der Waals surface area contributed by atoms with Gasteiger partial charge in [0.25, 0.3) is 0 Å². The van der Waals surface area contributed by atoms with Crippen molar-refractivity contribution in [3.05, 3.63) is 151 Å². The van der Waals surface area contributed by atoms with Crippen LogP contribution in [-0.4, -0.2) is 4.57 Å². The summed E-state index contributed by atoms with van der Waals surface area (Å²) in [6.45, 7) is 0. The van der Waals surface area contributed by atoms with Crippen molar-refractivity contribution < 1.29 is 0 Å². The van der Waals surface area contributed by atoms with E-state index in [1.54, 1.807) is 0 Å². The number of rotatable bonds is 2. The van der Waals surface area contributed by atoms with Gasteiger partial charge in [-0.1, -0.05) is 127 Å². The topological polar surface area (TPSA) is 4.93 Å². The summed E-state index contributed by atoms with van der Waals surface area (Å²) in [5.74, 6) is 0.467. The van der Waals surface area contributed by atoms with Gasteiger partial charge < -0.3 is 4.57 Å². The lowest BCUT2D eigenvalue weighted by Gasteiger charge is -2.23. The summed E-state index contributed by atoms with van der Waals surface area (Å²) < 4.78 is 2.53. The highest BCUT2D eigenvalue weighted by Gasteiger charge is 2.23. The molecule has 1 unspecified atom stereocenters. The van der Waals surface area contributed by atoms with Gasteiger partial charge >= 0.3 is 0 Å². The molecular weight excluding hydrogens is 494 g/mol. The van der Waals surface area contributed by atoms with Gasteiger partial charge in [-0.05, 0) is 62.9 Å². The van der Waals surface area contributed by atoms with Crippen LogP contribution < -0.4 is 0 Å². The number of allylic oxidation sites excluding steroid dienone is 8. The molecule has 0 N–H and O–H groups in total. The Hall–Kier alpha value is -5.14. The Bertz CT molecular complexity index is 2320. The van der Waals surface area contributed by atoms with Gasteiger partial charge in [0.2, 0.25) is 0 Å². The number of fused-ring (bicyclic) bond motifs is 11. The molecule has 2 aliphatic rings. The third kappa shape index (κ3) is 3.24. The summed E-state index contributed by atoms with van der Waals surface area (Å²) in [6, 6.07) is 40.2. The van der Waals surface area contributed by atoms with Gasteiger partial charge in [-0.15, -0.1) is 0 Å². The minimum absolute atomic E-state index is 0.467. The maximum absolute atomic E-state index is 2.53. The maximum atomic E-state index is 2.53. The van der Waals surface area contributed by atoms with Crippen molar-refractivity contribution in [1.29, 1.82) is 0 Å². The van der Waals surface area contributed by atoms with Crippen LogP contribution in [-0.2, 0) is 0 Å². The van der Waals surface area contributed by atoms with Crippen LogP contribution in [0.25, 0.3) is 70.9 Å². The molecule has 0 aliphatic heterocycles. The van der Waals surface area contributed by atoms with Gasteiger partial charge in [0.1, 0.15) is 0 Å². The predicted molar refractivity (Wildman–Crippen MR) is 176 cm³/mol. The number of aromatic nitrogens is 1. The van der Waals surface area contributed by atoms with Crippen LogP contribution >= 0.6 is 0 Å². The van der Waals surface area contributed by atoms with E-state index in [1.165, 1.54) is 76.5 Å². The van der Waals surface area contributed by atoms with Gasteiger partial charge in [-0.3, -0.25) is 0 Å². The summed E-state index contributed by atoms with van der Waals surface area (Å²) in [5.41, 5.74) is 7.73. The van der Waals surface area contributed by atoms with E-state index in [1.807, 2.05) is 0 Å². The molecule has 192 valence electrons. The zero-order chi connectivity index (χ0) is 26.9. The van der Waals surface area contributed by atoms with Gasteiger partial charge in [0.15, 0.2) is 0 Å². The largest absolute Gasteiger partial charge is 0.309 e. The minimum atomic E-state index is 0.467. The molecule has 9 rings (SSSR count). The summed E-state index contributed by atoms with van der Waals surface area (Å²) in [4.78, 5) is 0. The average Bonchev–Trinajstić information content (AvgIpc) is 3.40. The highest BCUT2D eigenvalue weighted by atomic mass is 15.0. The van der Waals surface area contributed by atoms with E-state index in [0.717, 1.165) is 6.42 Å². The maximum Gasteiger partial charge on any atom is 0.0626 e. The third-order valence-corrected chi connectivity index (χ3v) is 9.05. The van der Waals surface area contributed by atoms with Crippen LogP contribution in [0.4, 0.5) is 0 Å². The Morgan fingerprint density at radius 2 is 1.29 bits per heavy atom. The molecule has 1 heteroatoms. The fourth-order valence-electron chi connectivity index (χ4n) is 7.26. The van der Waals surface area contributed by atoms with Gasteiger partial charge in [-0.25, -0.2) is 0 Å². The van der Waals surface area contributed by atoms with Crippen molar-refractivity contribution >= 4 is 59.8 Å². The molecule has 1 atom stereocenters. The molecule has 6 aromatic carbocycles. The lowest BCUT2D eigenvalue weighted by Crippen LogP contribution is -2.08. The van der Waals surface area contributed by atoms with Crippen molar-refractivity contribution in [2.45, 2.75) is 6.42 Å². The first-order valence-corrected chi connectivity index (χ1v) is 14.5. The smallest absolute Gasteiger partial charge is 0.0626 e. The van der Waals surface area contributed by atoms with Crippen molar-refractivity contribution in [3.8, 4) is 11.1 Å². The Balaban J connectivity index is 1.51. The monoisotopic (exact) mass is 521 g/mol. The molecule has 0 amide bonds. The van der Waals surface area contributed by atoms with Gasteiger partial charge in [0.05, 0.1) is 11.0 Å². The highest BCUT2D eigenvalue weighted by Crippen LogP contribution is 2.47. The molecule has 2 aliphatic carbocycles. The second-order valence-electron chi connectivity index (χ2n) is 11.2. The van der Waals surface area contributed by atoms with Crippen LogP contribution in [0, 0.1) is 5.92 Å². The first-order valence-electron chi connectivity index (χ1n) is 14.5. The van der Waals surface area contributed by atoms with Gasteiger partial charge in [0, 0.05) is 33.2 Å². The van der Waals surface area contributed by atoms with Crippen LogP contribution in [0.1, 0.15) is 6.42 Å². The molecule has 1 heterocycles. The minimum Gasteiger partial charge on any atom is -0.309 e. The summed E-state index contributed by atoms with van der Waals surface area (Å²) >= 11 is 0. The average molecular weight is 522 g/mol. The van der Waals surface area contributed by atoms with E-state index in [2.05, 4.69) is 150 Å². The van der Waals surface area contributed by atoms with E-state index in [9.17, 15) is 0 Å². The molecule has 0 saturated heterocycles. The quantitative estimate of drug-likeness (QED) is 0.199. The lowest BCUT2D eigenvalue weighted by atomic mass is 9.87. The van der Waals surface area contributed by atoms with Crippen molar-refractivity contribution in [2.75, 3.05) is 0 Å². The van der Waals surface area contributed by atoms with E-state index in [-0.39, 0.29) is 0 Å². The molecule has 0 spiro atoms. The third-order valence-electron chi connectivity index (χ3n) is 9.05. The summed E-state index contributed by atoms with van der Waals surface area (Å²) in [6.07, 6.45) is 14.8. The second-order valence-corrected chi connectivity index (χ2v) is 11.2. The first-order chi connectivity index (χ1) is 20.4. The predicted octanol–water partition coefficient (Wildman–Crippen LogP) is 10.8. The SMILES string of the molecule is C1=CC2=CC(n3c4ccccc4c4c5c6ccccc6c(-c6ccccc6)cc5c5ccccc5c43)=CCC2C=C1. The number of hydrogen-bond acceptors (Lipinski definition) is 0. The molecule has 1 nitrogen and oxygen atoms in total. The van der Waals surface area contributed by atoms with Crippen LogP contribution in [0.15, 0.2) is 151 Å². The molecular formula is C40H27N. The number of para-hydroxylation sites is 1. The molecule has 7 aromatic rings. The molecule has 1 aromatic heterocycles. The van der Waals surface area contributed by atoms with Crippen molar-refractivity contribution in [2.24, 2.45) is 5.92 Å². The van der Waals surface area contributed by atoms with Crippen LogP contribution in [0.2, 0.25) is 0 Å². The second kappa shape index (κ2) is 8.68. The van der Waals surface area contributed by atoms with Gasteiger partial charge in [-0.2, -0.15) is 0 Å². The number of hydrogen-bond donors (Lipinski definition) is 0. The van der Waals surface area contributed by atoms with E-state index in [4.69, 9.17) is 0 Å². The zero-order valence-electron chi connectivity index (χ0n) is 22.6. The summed E-state index contributed by atoms with van der Waals surface area (Å²) in [7, 11) is 0. The Kier molecular flexibility index (Phi) is 4.80. The Labute approximate surface area is 238 Å². The molecule has 41 heavy (non-hydrogen) atoms. The molecule has 0 saturated carbocycles. The van der Waals surface area contributed by atoms with Crippen molar-refractivity contribution in [1.82, 2.24) is 4.57 Å². The number of benzene rings is 6. The van der Waals surface area contributed by atoms with Crippen LogP contribution in [0.5, 0.6) is 0 Å². The fourth-order valence-corrected chi connectivity index (χ4v) is 7.26. The fraction of sp³-hybridized carbons (Fsp3) is 0.0500. The molecule has 0 bridgehead atoms. The molecule has 0 radical (unpaired) electrons. The Morgan fingerprint density at radius 1 is 0.585 bits per heavy atom. The van der Waals surface area contributed by atoms with E-state index >= 15 is 0 Å². The van der Waals surface area contributed by atoms with Crippen molar-refractivity contribution in [3.63, 3.8) is 0 Å². The van der Waals surface area contributed by atoms with E-state index < -0.39 is 0 Å². The first kappa shape index (κ1) is 22.7. The molecule has 0 fully saturated rings. The Morgan fingerprint density at radius 3 is 2.15 bits per heavy atom. The highest BCUT2D eigenvalue weighted by molar-refractivity contribution is 6.38. The normalized spacial score (nSPS) is 16.5. The summed E-state index contributed by atoms with van der Waals surface area (Å²) in [5, 5.41) is 10.5. The standard InChI is InChI=1S/C40H27N/c1-2-13-27(14-3-1)35-25-36-31-17-7-9-19-33(31)40-39(38(36)32-18-8-6-16-30(32)35)34-20-10-11-21-37(34)41(40)29-23-22-26-12-4-5-15-28(26)24-29/h1-21,23-26H,22H2. The number of nitrogens with zero attached hydrogens (tertiary/aromatic N) is 1. The van der Waals surface area contributed by atoms with E-state index in [0.29, 0.717) is 5.92 Å². The lowest BCUT2D eigenvalue weighted by molar-refractivity contribution is 0.777.